The van der Waals surface area contributed by atoms with Gasteiger partial charge in [-0.15, -0.1) is 0 Å². The van der Waals surface area contributed by atoms with E-state index in [2.05, 4.69) is 75.2 Å². The van der Waals surface area contributed by atoms with E-state index in [1.807, 2.05) is 0 Å². The van der Waals surface area contributed by atoms with Gasteiger partial charge in [0.2, 0.25) is 0 Å². The number of rotatable bonds is 2. The maximum absolute atomic E-state index is 9.08. The van der Waals surface area contributed by atoms with E-state index < -0.39 is 0 Å². The van der Waals surface area contributed by atoms with Gasteiger partial charge < -0.3 is 20.0 Å². The Morgan fingerprint density at radius 2 is 1.91 bits per heavy atom. The number of hydrogen-bond donors (Lipinski definition) is 2. The molecule has 3 rings (SSSR count). The summed E-state index contributed by atoms with van der Waals surface area (Å²) in [6.07, 6.45) is 5.79. The Hall–Kier alpha value is 1.04. The largest absolute Gasteiger partial charge is 0.396 e. The summed E-state index contributed by atoms with van der Waals surface area (Å²) in [7, 11) is 4.22. The Labute approximate surface area is 162 Å². The first-order valence-electron chi connectivity index (χ1n) is 7.90. The van der Waals surface area contributed by atoms with Crippen LogP contribution in [0.25, 0.3) is 0 Å². The first-order valence-corrected chi connectivity index (χ1v) is 10.9. The molecule has 0 bridgehead atoms. The third-order valence-corrected chi connectivity index (χ3v) is 4.74. The van der Waals surface area contributed by atoms with Crippen LogP contribution in [0.5, 0.6) is 0 Å². The number of piperidine rings is 1. The molecule has 0 radical (unpaired) electrons. The summed E-state index contributed by atoms with van der Waals surface area (Å²) in [6, 6.07) is 0. The molecule has 2 aliphatic heterocycles. The van der Waals surface area contributed by atoms with E-state index in [9.17, 15) is 0 Å². The van der Waals surface area contributed by atoms with Gasteiger partial charge in [-0.2, -0.15) is 0 Å². The van der Waals surface area contributed by atoms with Gasteiger partial charge in [0.1, 0.15) is 0 Å². The summed E-state index contributed by atoms with van der Waals surface area (Å²) >= 11 is 4.55. The van der Waals surface area contributed by atoms with Gasteiger partial charge in [-0.25, -0.2) is 0 Å². The first kappa shape index (κ1) is 21.1. The van der Waals surface area contributed by atoms with Gasteiger partial charge in [0.25, 0.3) is 0 Å². The predicted octanol–water partition coefficient (Wildman–Crippen LogP) is 2.38. The molecule has 0 spiro atoms. The average molecular weight is 536 g/mol. The van der Waals surface area contributed by atoms with E-state index in [1.165, 1.54) is 21.8 Å². The van der Waals surface area contributed by atoms with Gasteiger partial charge in [0.05, 0.1) is 15.6 Å². The standard InChI is InChI=1S/C8H15NO.C7H13NO.CH2I2/c1-9-3-2-7-4-8(7,5-9)6-10;1-8-4-2-3-7(5-8)6-9;2-1-3/h7,10H,2-6H2,1H3;3,9H,2,4-6H2,1H3;1H2. The van der Waals surface area contributed by atoms with Gasteiger partial charge in [-0.3, -0.25) is 0 Å². The molecule has 1 saturated heterocycles. The number of fused-ring (bicyclic) bond motifs is 1. The Bertz CT molecular complexity index is 353. The van der Waals surface area contributed by atoms with Gasteiger partial charge >= 0.3 is 0 Å². The third kappa shape index (κ3) is 6.88. The Morgan fingerprint density at radius 3 is 2.36 bits per heavy atom. The lowest BCUT2D eigenvalue weighted by Crippen LogP contribution is -2.35. The highest BCUT2D eigenvalue weighted by Crippen LogP contribution is 2.56. The number of nitrogens with zero attached hydrogens (tertiary/aromatic N) is 2. The molecule has 2 heterocycles. The summed E-state index contributed by atoms with van der Waals surface area (Å²) < 4.78 is 1.19. The van der Waals surface area contributed by atoms with Crippen LogP contribution in [0.3, 0.4) is 0 Å². The highest BCUT2D eigenvalue weighted by molar-refractivity contribution is 14.2. The second-order valence-electron chi connectivity index (χ2n) is 6.60. The molecule has 22 heavy (non-hydrogen) atoms. The van der Waals surface area contributed by atoms with E-state index in [0.717, 1.165) is 37.5 Å². The topological polar surface area (TPSA) is 46.9 Å². The molecule has 4 nitrogen and oxygen atoms in total. The minimum Gasteiger partial charge on any atom is -0.396 e. The van der Waals surface area contributed by atoms with Crippen molar-refractivity contribution in [2.24, 2.45) is 11.3 Å². The summed E-state index contributed by atoms with van der Waals surface area (Å²) in [4.78, 5) is 4.55. The number of alkyl halides is 2. The quantitative estimate of drug-likeness (QED) is 0.324. The van der Waals surface area contributed by atoms with Crippen molar-refractivity contribution >= 4 is 45.2 Å². The van der Waals surface area contributed by atoms with Crippen LogP contribution < -0.4 is 0 Å². The molecule has 2 N–H and O–H groups in total. The normalized spacial score (nSPS) is 31.0. The molecule has 130 valence electrons. The van der Waals surface area contributed by atoms with Crippen molar-refractivity contribution in [2.45, 2.75) is 19.3 Å². The van der Waals surface area contributed by atoms with E-state index in [-0.39, 0.29) is 6.61 Å². The fraction of sp³-hybridized carbons (Fsp3) is 0.875. The number of halogens is 2. The fourth-order valence-corrected chi connectivity index (χ4v) is 3.36. The molecule has 0 aromatic carbocycles. The second-order valence-corrected chi connectivity index (χ2v) is 11.0. The lowest BCUT2D eigenvalue weighted by Gasteiger charge is -2.28. The molecule has 1 aliphatic carbocycles. The summed E-state index contributed by atoms with van der Waals surface area (Å²) in [5.41, 5.74) is 1.50. The molecule has 3 aliphatic rings. The zero-order valence-corrected chi connectivity index (χ0v) is 18.1. The lowest BCUT2D eigenvalue weighted by atomic mass is 9.99. The van der Waals surface area contributed by atoms with Gasteiger partial charge in [-0.1, -0.05) is 51.3 Å². The molecular weight excluding hydrogens is 506 g/mol. The maximum Gasteiger partial charge on any atom is 0.0654 e. The van der Waals surface area contributed by atoms with Crippen molar-refractivity contribution in [3.05, 3.63) is 11.6 Å². The zero-order chi connectivity index (χ0) is 16.6. The summed E-state index contributed by atoms with van der Waals surface area (Å²) in [5, 5.41) is 17.8. The van der Waals surface area contributed by atoms with Crippen molar-refractivity contribution in [1.29, 1.82) is 0 Å². The molecule has 2 atom stereocenters. The summed E-state index contributed by atoms with van der Waals surface area (Å²) in [5.74, 6) is 0.855. The van der Waals surface area contributed by atoms with Crippen LogP contribution in [0, 0.1) is 11.3 Å². The van der Waals surface area contributed by atoms with Crippen LogP contribution in [-0.2, 0) is 0 Å². The van der Waals surface area contributed by atoms with Crippen LogP contribution in [0.4, 0.5) is 0 Å². The number of aliphatic hydroxyl groups excluding tert-OH is 2. The minimum atomic E-state index is 0.227. The van der Waals surface area contributed by atoms with E-state index >= 15 is 0 Å². The van der Waals surface area contributed by atoms with Crippen molar-refractivity contribution in [3.8, 4) is 0 Å². The molecular formula is C16H30I2N2O2. The Balaban J connectivity index is 0.000000189. The number of hydrogen-bond acceptors (Lipinski definition) is 4. The van der Waals surface area contributed by atoms with Gasteiger partial charge in [-0.05, 0) is 51.4 Å². The van der Waals surface area contributed by atoms with Crippen molar-refractivity contribution in [2.75, 3.05) is 55.9 Å². The SMILES string of the molecule is CN1CCC2CC2(CO)C1.CN1CCC=C(CO)C1.ICI. The molecule has 2 fully saturated rings. The number of likely N-dealkylation sites (tertiary alicyclic amines) is 1. The van der Waals surface area contributed by atoms with E-state index in [1.54, 1.807) is 0 Å². The number of aliphatic hydroxyl groups is 2. The monoisotopic (exact) mass is 536 g/mol. The maximum atomic E-state index is 9.08. The smallest absolute Gasteiger partial charge is 0.0654 e. The van der Waals surface area contributed by atoms with E-state index in [4.69, 9.17) is 10.2 Å². The van der Waals surface area contributed by atoms with Crippen LogP contribution in [0.2, 0.25) is 0 Å². The third-order valence-electron chi connectivity index (χ3n) is 4.74. The van der Waals surface area contributed by atoms with Crippen molar-refractivity contribution < 1.29 is 10.2 Å². The van der Waals surface area contributed by atoms with Crippen LogP contribution >= 0.6 is 45.2 Å². The predicted molar refractivity (Wildman–Crippen MR) is 110 cm³/mol. The lowest BCUT2D eigenvalue weighted by molar-refractivity contribution is 0.123. The average Bonchev–Trinajstić information content (AvgIpc) is 3.23. The summed E-state index contributed by atoms with van der Waals surface area (Å²) in [6.45, 7) is 5.05. The second kappa shape index (κ2) is 10.8. The van der Waals surface area contributed by atoms with Crippen molar-refractivity contribution in [3.63, 3.8) is 0 Å². The van der Waals surface area contributed by atoms with Crippen molar-refractivity contribution in [1.82, 2.24) is 9.80 Å². The molecule has 0 aromatic rings. The highest BCUT2D eigenvalue weighted by atomic mass is 127. The van der Waals surface area contributed by atoms with E-state index in [0.29, 0.717) is 12.0 Å². The fourth-order valence-electron chi connectivity index (χ4n) is 3.36. The zero-order valence-electron chi connectivity index (χ0n) is 13.8. The molecule has 0 amide bonds. The number of likely N-dealkylation sites (N-methyl/N-ethyl adjacent to an activating group) is 1. The Morgan fingerprint density at radius 1 is 1.23 bits per heavy atom. The van der Waals surface area contributed by atoms with Crippen LogP contribution in [0.15, 0.2) is 11.6 Å². The molecule has 2 unspecified atom stereocenters. The van der Waals surface area contributed by atoms with Crippen LogP contribution in [0.1, 0.15) is 19.3 Å². The highest BCUT2D eigenvalue weighted by Gasteiger charge is 2.55. The van der Waals surface area contributed by atoms with Gasteiger partial charge in [0.15, 0.2) is 0 Å². The molecule has 0 aromatic heterocycles. The van der Waals surface area contributed by atoms with Crippen LogP contribution in [-0.4, -0.2) is 75.9 Å². The molecule has 1 saturated carbocycles. The minimum absolute atomic E-state index is 0.227. The first-order chi connectivity index (χ1) is 10.5. The Kier molecular flexibility index (Phi) is 10.4. The van der Waals surface area contributed by atoms with Gasteiger partial charge in [0, 0.05) is 25.0 Å². The molecule has 6 heteroatoms.